The van der Waals surface area contributed by atoms with E-state index < -0.39 is 6.04 Å². The summed E-state index contributed by atoms with van der Waals surface area (Å²) in [7, 11) is 0. The van der Waals surface area contributed by atoms with Crippen molar-refractivity contribution >= 4 is 5.97 Å². The van der Waals surface area contributed by atoms with E-state index >= 15 is 0 Å². The second-order valence-electron chi connectivity index (χ2n) is 4.73. The van der Waals surface area contributed by atoms with Crippen LogP contribution >= 0.6 is 0 Å². The number of aromatic nitrogens is 1. The number of ether oxygens (including phenoxy) is 1. The summed E-state index contributed by atoms with van der Waals surface area (Å²) in [4.78, 5) is 16.4. The fourth-order valence-corrected chi connectivity index (χ4v) is 2.01. The Bertz CT molecular complexity index is 573. The number of nitrogens with one attached hydrogen (secondary N) is 1. The van der Waals surface area contributed by atoms with Crippen molar-refractivity contribution in [1.29, 1.82) is 0 Å². The van der Waals surface area contributed by atoms with Crippen molar-refractivity contribution in [2.75, 3.05) is 6.61 Å². The average molecular weight is 288 g/mol. The minimum atomic E-state index is -0.529. The van der Waals surface area contributed by atoms with Crippen LogP contribution < -0.4 is 5.32 Å². The van der Waals surface area contributed by atoms with Gasteiger partial charge in [0, 0.05) is 0 Å². The highest BCUT2D eigenvalue weighted by molar-refractivity contribution is 5.77. The van der Waals surface area contributed by atoms with E-state index in [0.717, 1.165) is 17.0 Å². The predicted octanol–water partition coefficient (Wildman–Crippen LogP) is 2.69. The van der Waals surface area contributed by atoms with Crippen molar-refractivity contribution in [2.24, 2.45) is 0 Å². The molecule has 0 saturated heterocycles. The summed E-state index contributed by atoms with van der Waals surface area (Å²) in [5, 5.41) is 3.15. The molecule has 1 aromatic carbocycles. The smallest absolute Gasteiger partial charge is 0.327 e. The van der Waals surface area contributed by atoms with Gasteiger partial charge in [-0.25, -0.2) is 9.78 Å². The lowest BCUT2D eigenvalue weighted by atomic mass is 10.1. The molecule has 5 nitrogen and oxygen atoms in total. The van der Waals surface area contributed by atoms with E-state index in [4.69, 9.17) is 9.15 Å². The van der Waals surface area contributed by atoms with Crippen molar-refractivity contribution < 1.29 is 13.9 Å². The first kappa shape index (κ1) is 15.3. The Hall–Kier alpha value is -2.14. The fraction of sp³-hybridized carbons (Fsp3) is 0.375. The topological polar surface area (TPSA) is 64.4 Å². The van der Waals surface area contributed by atoms with Crippen molar-refractivity contribution in [3.63, 3.8) is 0 Å². The molecule has 0 bridgehead atoms. The highest BCUT2D eigenvalue weighted by Gasteiger charge is 2.22. The van der Waals surface area contributed by atoms with E-state index in [1.165, 1.54) is 0 Å². The van der Waals surface area contributed by atoms with Crippen LogP contribution in [0.15, 0.2) is 34.7 Å². The molecule has 1 atom stereocenters. The lowest BCUT2D eigenvalue weighted by molar-refractivity contribution is -0.145. The van der Waals surface area contributed by atoms with E-state index in [9.17, 15) is 4.79 Å². The van der Waals surface area contributed by atoms with Crippen molar-refractivity contribution in [3.8, 4) is 0 Å². The maximum Gasteiger partial charge on any atom is 0.327 e. The van der Waals surface area contributed by atoms with Gasteiger partial charge < -0.3 is 9.15 Å². The lowest BCUT2D eigenvalue weighted by Gasteiger charge is -2.16. The molecular formula is C16H20N2O3. The zero-order valence-electron chi connectivity index (χ0n) is 12.6. The molecule has 21 heavy (non-hydrogen) atoms. The fourth-order valence-electron chi connectivity index (χ4n) is 2.01. The standard InChI is InChI=1S/C16H20N2O3/c1-4-20-16(19)15(13-8-6-5-7-9-13)17-10-14-18-11(2)12(3)21-14/h5-9,15,17H,4,10H2,1-3H3. The molecule has 0 spiro atoms. The first-order valence-corrected chi connectivity index (χ1v) is 6.99. The van der Waals surface area contributed by atoms with Gasteiger partial charge in [0.2, 0.25) is 5.89 Å². The average Bonchev–Trinajstić information content (AvgIpc) is 2.79. The monoisotopic (exact) mass is 288 g/mol. The number of benzene rings is 1. The molecule has 0 aliphatic carbocycles. The first-order valence-electron chi connectivity index (χ1n) is 6.99. The Labute approximate surface area is 124 Å². The minimum absolute atomic E-state index is 0.302. The quantitative estimate of drug-likeness (QED) is 0.828. The van der Waals surface area contributed by atoms with Crippen LogP contribution in [0.3, 0.4) is 0 Å². The molecular weight excluding hydrogens is 268 g/mol. The second kappa shape index (κ2) is 7.04. The van der Waals surface area contributed by atoms with Crippen LogP contribution in [0, 0.1) is 13.8 Å². The Balaban J connectivity index is 2.11. The largest absolute Gasteiger partial charge is 0.465 e. The third kappa shape index (κ3) is 3.92. The molecule has 0 amide bonds. The van der Waals surface area contributed by atoms with Gasteiger partial charge in [0.05, 0.1) is 18.8 Å². The van der Waals surface area contributed by atoms with Gasteiger partial charge in [0.25, 0.3) is 0 Å². The summed E-state index contributed by atoms with van der Waals surface area (Å²) < 4.78 is 10.6. The molecule has 1 heterocycles. The molecule has 0 aliphatic heterocycles. The van der Waals surface area contributed by atoms with Gasteiger partial charge in [-0.15, -0.1) is 0 Å². The van der Waals surface area contributed by atoms with E-state index in [-0.39, 0.29) is 5.97 Å². The maximum absolute atomic E-state index is 12.1. The van der Waals surface area contributed by atoms with Gasteiger partial charge in [-0.2, -0.15) is 0 Å². The number of rotatable bonds is 6. The normalized spacial score (nSPS) is 12.1. The van der Waals surface area contributed by atoms with Gasteiger partial charge in [-0.3, -0.25) is 5.32 Å². The second-order valence-corrected chi connectivity index (χ2v) is 4.73. The molecule has 1 aromatic heterocycles. The van der Waals surface area contributed by atoms with Crippen LogP contribution in [0.1, 0.15) is 35.9 Å². The van der Waals surface area contributed by atoms with E-state index in [1.807, 2.05) is 44.2 Å². The molecule has 1 N–H and O–H groups in total. The highest BCUT2D eigenvalue weighted by atomic mass is 16.5. The van der Waals surface area contributed by atoms with E-state index in [0.29, 0.717) is 19.0 Å². The molecule has 2 rings (SSSR count). The predicted molar refractivity (Wildman–Crippen MR) is 78.6 cm³/mol. The van der Waals surface area contributed by atoms with Crippen molar-refractivity contribution in [2.45, 2.75) is 33.4 Å². The zero-order chi connectivity index (χ0) is 15.2. The number of hydrogen-bond acceptors (Lipinski definition) is 5. The molecule has 1 unspecified atom stereocenters. The number of carbonyl (C=O) groups excluding carboxylic acids is 1. The van der Waals surface area contributed by atoms with Crippen LogP contribution in [-0.4, -0.2) is 17.6 Å². The Kier molecular flexibility index (Phi) is 5.11. The number of hydrogen-bond donors (Lipinski definition) is 1. The molecule has 0 saturated carbocycles. The third-order valence-electron chi connectivity index (χ3n) is 3.19. The number of nitrogens with zero attached hydrogens (tertiary/aromatic N) is 1. The van der Waals surface area contributed by atoms with Crippen LogP contribution in [0.5, 0.6) is 0 Å². The molecule has 112 valence electrons. The van der Waals surface area contributed by atoms with Gasteiger partial charge in [0.15, 0.2) is 0 Å². The van der Waals surface area contributed by atoms with Gasteiger partial charge in [-0.05, 0) is 26.3 Å². The molecule has 0 radical (unpaired) electrons. The lowest BCUT2D eigenvalue weighted by Crippen LogP contribution is -2.30. The number of esters is 1. The summed E-state index contributed by atoms with van der Waals surface area (Å²) >= 11 is 0. The van der Waals surface area contributed by atoms with Gasteiger partial charge in [-0.1, -0.05) is 30.3 Å². The Morgan fingerprint density at radius 3 is 2.62 bits per heavy atom. The van der Waals surface area contributed by atoms with Crippen molar-refractivity contribution in [3.05, 3.63) is 53.2 Å². The van der Waals surface area contributed by atoms with Crippen LogP contribution in [0.2, 0.25) is 0 Å². The van der Waals surface area contributed by atoms with Gasteiger partial charge >= 0.3 is 5.97 Å². The Morgan fingerprint density at radius 1 is 1.33 bits per heavy atom. The summed E-state index contributed by atoms with van der Waals surface area (Å²) in [6.07, 6.45) is 0. The Morgan fingerprint density at radius 2 is 2.05 bits per heavy atom. The molecule has 0 aliphatic rings. The maximum atomic E-state index is 12.1. The number of oxazole rings is 1. The van der Waals surface area contributed by atoms with Crippen molar-refractivity contribution in [1.82, 2.24) is 10.3 Å². The molecule has 0 fully saturated rings. The zero-order valence-corrected chi connectivity index (χ0v) is 12.6. The van der Waals surface area contributed by atoms with E-state index in [2.05, 4.69) is 10.3 Å². The minimum Gasteiger partial charge on any atom is -0.465 e. The van der Waals surface area contributed by atoms with E-state index in [1.54, 1.807) is 6.92 Å². The van der Waals surface area contributed by atoms with Crippen LogP contribution in [0.25, 0.3) is 0 Å². The molecule has 2 aromatic rings. The SMILES string of the molecule is CCOC(=O)C(NCc1nc(C)c(C)o1)c1ccccc1. The summed E-state index contributed by atoms with van der Waals surface area (Å²) in [6, 6.07) is 8.94. The first-order chi connectivity index (χ1) is 10.1. The highest BCUT2D eigenvalue weighted by Crippen LogP contribution is 2.16. The third-order valence-corrected chi connectivity index (χ3v) is 3.19. The summed E-state index contributed by atoms with van der Waals surface area (Å²) in [5.41, 5.74) is 1.72. The van der Waals surface area contributed by atoms with Crippen LogP contribution in [-0.2, 0) is 16.1 Å². The molecule has 5 heteroatoms. The number of aryl methyl sites for hydroxylation is 2. The number of carbonyl (C=O) groups is 1. The summed E-state index contributed by atoms with van der Waals surface area (Å²) in [6.45, 7) is 6.27. The summed E-state index contributed by atoms with van der Waals surface area (Å²) in [5.74, 6) is 1.05. The van der Waals surface area contributed by atoms with Gasteiger partial charge in [0.1, 0.15) is 11.8 Å². The van der Waals surface area contributed by atoms with Crippen LogP contribution in [0.4, 0.5) is 0 Å².